The normalized spacial score (nSPS) is 10.9. The molecule has 0 atom stereocenters. The van der Waals surface area contributed by atoms with Crippen molar-refractivity contribution in [3.63, 3.8) is 0 Å². The van der Waals surface area contributed by atoms with Crippen molar-refractivity contribution in [2.45, 2.75) is 31.5 Å². The number of esters is 1. The molecule has 3 heterocycles. The highest BCUT2D eigenvalue weighted by Crippen LogP contribution is 2.34. The van der Waals surface area contributed by atoms with Crippen LogP contribution in [0.15, 0.2) is 45.5 Å². The number of allylic oxidation sites excluding steroid dienone is 1. The Morgan fingerprint density at radius 1 is 1.39 bits per heavy atom. The van der Waals surface area contributed by atoms with Gasteiger partial charge in [0.05, 0.1) is 17.7 Å². The Hall–Kier alpha value is -2.43. The maximum atomic E-state index is 13.2. The van der Waals surface area contributed by atoms with Crippen molar-refractivity contribution in [3.8, 4) is 10.4 Å². The van der Waals surface area contributed by atoms with Crippen LogP contribution in [0.3, 0.4) is 0 Å². The highest BCUT2D eigenvalue weighted by molar-refractivity contribution is 7.99. The van der Waals surface area contributed by atoms with Crippen molar-refractivity contribution in [2.75, 3.05) is 18.9 Å². The fourth-order valence-electron chi connectivity index (χ4n) is 2.89. The maximum Gasteiger partial charge on any atom is 0.305 e. The van der Waals surface area contributed by atoms with Gasteiger partial charge in [-0.2, -0.15) is 0 Å². The topological polar surface area (TPSA) is 90.3 Å². The van der Waals surface area contributed by atoms with E-state index >= 15 is 0 Å². The number of hydrogen-bond donors (Lipinski definition) is 1. The van der Waals surface area contributed by atoms with Crippen molar-refractivity contribution in [2.24, 2.45) is 0 Å². The average molecular weight is 478 g/mol. The molecule has 0 aliphatic rings. The van der Waals surface area contributed by atoms with Crippen LogP contribution in [0.4, 0.5) is 0 Å². The number of nitrogens with one attached hydrogen (secondary N) is 1. The molecule has 3 rings (SSSR count). The van der Waals surface area contributed by atoms with Crippen molar-refractivity contribution in [1.82, 2.24) is 14.9 Å². The Morgan fingerprint density at radius 3 is 2.94 bits per heavy atom. The third kappa shape index (κ3) is 5.84. The van der Waals surface area contributed by atoms with E-state index in [9.17, 15) is 14.4 Å². The summed E-state index contributed by atoms with van der Waals surface area (Å²) in [6.07, 6.45) is 2.43. The smallest absolute Gasteiger partial charge is 0.305 e. The SMILES string of the molecule is C=CCn1c(SCC(=O)NCCCC(=O)OCC)nc2scc(-c3cccs3)c2c1=O. The summed E-state index contributed by atoms with van der Waals surface area (Å²) in [5.41, 5.74) is 0.757. The summed E-state index contributed by atoms with van der Waals surface area (Å²) in [5, 5.41) is 7.79. The van der Waals surface area contributed by atoms with E-state index in [-0.39, 0.29) is 29.6 Å². The highest BCUT2D eigenvalue weighted by atomic mass is 32.2. The first kappa shape index (κ1) is 23.2. The first-order valence-electron chi connectivity index (χ1n) is 9.77. The zero-order valence-electron chi connectivity index (χ0n) is 17.1. The summed E-state index contributed by atoms with van der Waals surface area (Å²) in [4.78, 5) is 43.1. The quantitative estimate of drug-likeness (QED) is 0.148. The predicted octanol–water partition coefficient (Wildman–Crippen LogP) is 3.92. The number of carbonyl (C=O) groups is 2. The van der Waals surface area contributed by atoms with Gasteiger partial charge in [-0.15, -0.1) is 29.3 Å². The zero-order chi connectivity index (χ0) is 22.2. The van der Waals surface area contributed by atoms with E-state index in [1.54, 1.807) is 28.9 Å². The van der Waals surface area contributed by atoms with E-state index in [4.69, 9.17) is 4.74 Å². The second-order valence-corrected chi connectivity index (χ2v) is 9.20. The second-order valence-electron chi connectivity index (χ2n) is 6.45. The lowest BCUT2D eigenvalue weighted by atomic mass is 10.2. The molecule has 0 aliphatic heterocycles. The predicted molar refractivity (Wildman–Crippen MR) is 127 cm³/mol. The molecule has 7 nitrogen and oxygen atoms in total. The lowest BCUT2D eigenvalue weighted by Gasteiger charge is -2.10. The van der Waals surface area contributed by atoms with Crippen molar-refractivity contribution in [1.29, 1.82) is 0 Å². The largest absolute Gasteiger partial charge is 0.466 e. The lowest BCUT2D eigenvalue weighted by Crippen LogP contribution is -2.28. The number of thiophene rings is 2. The van der Waals surface area contributed by atoms with E-state index in [2.05, 4.69) is 16.9 Å². The Morgan fingerprint density at radius 2 is 2.23 bits per heavy atom. The number of hydrogen-bond acceptors (Lipinski definition) is 8. The van der Waals surface area contributed by atoms with Gasteiger partial charge in [0.15, 0.2) is 5.16 Å². The molecule has 0 saturated heterocycles. The average Bonchev–Trinajstić information content (AvgIpc) is 3.42. The van der Waals surface area contributed by atoms with Crippen LogP contribution in [-0.2, 0) is 20.9 Å². The van der Waals surface area contributed by atoms with Crippen LogP contribution in [0.1, 0.15) is 19.8 Å². The molecule has 10 heteroatoms. The van der Waals surface area contributed by atoms with Gasteiger partial charge in [-0.05, 0) is 24.8 Å². The molecule has 3 aromatic rings. The number of thioether (sulfide) groups is 1. The van der Waals surface area contributed by atoms with Gasteiger partial charge in [0.25, 0.3) is 5.56 Å². The molecule has 0 saturated carbocycles. The summed E-state index contributed by atoms with van der Waals surface area (Å²) in [5.74, 6) is -0.328. The zero-order valence-corrected chi connectivity index (χ0v) is 19.5. The molecule has 0 spiro atoms. The van der Waals surface area contributed by atoms with Gasteiger partial charge < -0.3 is 10.1 Å². The molecule has 1 amide bonds. The third-order valence-electron chi connectivity index (χ3n) is 4.27. The summed E-state index contributed by atoms with van der Waals surface area (Å²) < 4.78 is 6.41. The van der Waals surface area contributed by atoms with E-state index in [0.717, 1.165) is 10.4 Å². The maximum absolute atomic E-state index is 13.2. The fourth-order valence-corrected chi connectivity index (χ4v) is 5.54. The van der Waals surface area contributed by atoms with Gasteiger partial charge in [-0.3, -0.25) is 19.0 Å². The van der Waals surface area contributed by atoms with Crippen LogP contribution < -0.4 is 10.9 Å². The van der Waals surface area contributed by atoms with Gasteiger partial charge in [-0.1, -0.05) is 23.9 Å². The van der Waals surface area contributed by atoms with Gasteiger partial charge in [0.2, 0.25) is 5.91 Å². The van der Waals surface area contributed by atoms with Crippen LogP contribution in [-0.4, -0.2) is 40.3 Å². The molecule has 0 aliphatic carbocycles. The molecule has 0 radical (unpaired) electrons. The fraction of sp³-hybridized carbons (Fsp3) is 0.333. The lowest BCUT2D eigenvalue weighted by molar-refractivity contribution is -0.143. The standard InChI is InChI=1S/C21H23N3O4S3/c1-3-10-24-20(27)18-14(15-7-6-11-29-15)12-30-19(18)23-21(24)31-13-16(25)22-9-5-8-17(26)28-4-2/h3,6-7,11-12H,1,4-5,8-10,13H2,2H3,(H,22,25). The minimum atomic E-state index is -0.269. The molecule has 0 aromatic carbocycles. The number of ether oxygens (including phenoxy) is 1. The molecule has 164 valence electrons. The van der Waals surface area contributed by atoms with E-state index < -0.39 is 0 Å². The van der Waals surface area contributed by atoms with E-state index in [1.807, 2.05) is 22.9 Å². The van der Waals surface area contributed by atoms with Crippen LogP contribution in [0.2, 0.25) is 0 Å². The van der Waals surface area contributed by atoms with Gasteiger partial charge >= 0.3 is 5.97 Å². The van der Waals surface area contributed by atoms with Crippen LogP contribution in [0.5, 0.6) is 0 Å². The van der Waals surface area contributed by atoms with Gasteiger partial charge in [0.1, 0.15) is 4.83 Å². The van der Waals surface area contributed by atoms with Crippen LogP contribution in [0, 0.1) is 0 Å². The molecule has 3 aromatic heterocycles. The minimum Gasteiger partial charge on any atom is -0.466 e. The first-order valence-corrected chi connectivity index (χ1v) is 12.5. The summed E-state index contributed by atoms with van der Waals surface area (Å²) in [6.45, 7) is 6.55. The van der Waals surface area contributed by atoms with Crippen molar-refractivity contribution < 1.29 is 14.3 Å². The monoisotopic (exact) mass is 477 g/mol. The van der Waals surface area contributed by atoms with Gasteiger partial charge in [-0.25, -0.2) is 4.98 Å². The Bertz CT molecular complexity index is 1120. The number of rotatable bonds is 11. The van der Waals surface area contributed by atoms with Crippen molar-refractivity contribution >= 4 is 56.5 Å². The van der Waals surface area contributed by atoms with Crippen molar-refractivity contribution in [3.05, 3.63) is 45.9 Å². The number of nitrogens with zero attached hydrogens (tertiary/aromatic N) is 2. The summed E-state index contributed by atoms with van der Waals surface area (Å²) in [7, 11) is 0. The molecule has 0 unspecified atom stereocenters. The Balaban J connectivity index is 1.70. The molecule has 1 N–H and O–H groups in total. The summed E-state index contributed by atoms with van der Waals surface area (Å²) in [6, 6.07) is 3.94. The second kappa shape index (κ2) is 11.3. The third-order valence-corrected chi connectivity index (χ3v) is 7.03. The molecule has 0 bridgehead atoms. The van der Waals surface area contributed by atoms with E-state index in [0.29, 0.717) is 41.5 Å². The first-order chi connectivity index (χ1) is 15.0. The minimum absolute atomic E-state index is 0.123. The highest BCUT2D eigenvalue weighted by Gasteiger charge is 2.18. The molecule has 0 fully saturated rings. The number of carbonyl (C=O) groups excluding carboxylic acids is 2. The number of amides is 1. The molecular formula is C21H23N3O4S3. The number of aromatic nitrogens is 2. The van der Waals surface area contributed by atoms with Gasteiger partial charge in [0, 0.05) is 35.3 Å². The van der Waals surface area contributed by atoms with Crippen LogP contribution >= 0.6 is 34.4 Å². The van der Waals surface area contributed by atoms with E-state index in [1.165, 1.54) is 23.1 Å². The summed E-state index contributed by atoms with van der Waals surface area (Å²) >= 11 is 4.22. The molecule has 31 heavy (non-hydrogen) atoms. The molecular weight excluding hydrogens is 454 g/mol. The number of fused-ring (bicyclic) bond motifs is 1. The Labute approximate surface area is 192 Å². The van der Waals surface area contributed by atoms with Crippen LogP contribution in [0.25, 0.3) is 20.7 Å². The Kier molecular flexibility index (Phi) is 8.44.